The number of benzene rings is 1. The molecule has 0 radical (unpaired) electrons. The molecular formula is C16H19NO6. The average Bonchev–Trinajstić information content (AvgIpc) is 2.57. The first-order valence-corrected chi connectivity index (χ1v) is 6.96. The fourth-order valence-corrected chi connectivity index (χ4v) is 2.42. The summed E-state index contributed by atoms with van der Waals surface area (Å²) in [5, 5.41) is 9.79. The molecule has 0 fully saturated rings. The lowest BCUT2D eigenvalue weighted by Gasteiger charge is -2.32. The SMILES string of the molecule is COC(=O)C1=C(C(=O)OC)N(c2ccc(O)c(C)c2C)COC1. The molecule has 7 nitrogen and oxygen atoms in total. The van der Waals surface area contributed by atoms with Gasteiger partial charge in [0.25, 0.3) is 0 Å². The molecule has 0 saturated carbocycles. The summed E-state index contributed by atoms with van der Waals surface area (Å²) in [7, 11) is 2.48. The monoisotopic (exact) mass is 321 g/mol. The number of esters is 2. The van der Waals surface area contributed by atoms with Crippen molar-refractivity contribution in [3.05, 3.63) is 34.5 Å². The van der Waals surface area contributed by atoms with Gasteiger partial charge in [0.2, 0.25) is 0 Å². The van der Waals surface area contributed by atoms with Crippen molar-refractivity contribution in [3.8, 4) is 5.75 Å². The molecule has 1 heterocycles. The van der Waals surface area contributed by atoms with Gasteiger partial charge in [0, 0.05) is 5.69 Å². The number of phenols is 1. The Morgan fingerprint density at radius 2 is 1.78 bits per heavy atom. The zero-order valence-electron chi connectivity index (χ0n) is 13.5. The van der Waals surface area contributed by atoms with Crippen LogP contribution in [0, 0.1) is 13.8 Å². The first-order valence-electron chi connectivity index (χ1n) is 6.96. The summed E-state index contributed by atoms with van der Waals surface area (Å²) >= 11 is 0. The van der Waals surface area contributed by atoms with Gasteiger partial charge >= 0.3 is 11.9 Å². The zero-order chi connectivity index (χ0) is 17.1. The van der Waals surface area contributed by atoms with Crippen molar-refractivity contribution in [1.29, 1.82) is 0 Å². The first kappa shape index (κ1) is 16.8. The Kier molecular flexibility index (Phi) is 4.90. The quantitative estimate of drug-likeness (QED) is 0.842. The Balaban J connectivity index is 2.62. The van der Waals surface area contributed by atoms with E-state index in [9.17, 15) is 14.7 Å². The smallest absolute Gasteiger partial charge is 0.355 e. The van der Waals surface area contributed by atoms with Gasteiger partial charge < -0.3 is 24.2 Å². The number of nitrogens with zero attached hydrogens (tertiary/aromatic N) is 1. The van der Waals surface area contributed by atoms with Crippen LogP contribution in [0.3, 0.4) is 0 Å². The second-order valence-electron chi connectivity index (χ2n) is 5.07. The van der Waals surface area contributed by atoms with Gasteiger partial charge in [0.05, 0.1) is 26.4 Å². The highest BCUT2D eigenvalue weighted by atomic mass is 16.5. The second-order valence-corrected chi connectivity index (χ2v) is 5.07. The summed E-state index contributed by atoms with van der Waals surface area (Å²) in [5.74, 6) is -1.15. The molecule has 2 rings (SSSR count). The van der Waals surface area contributed by atoms with Gasteiger partial charge in [-0.2, -0.15) is 0 Å². The molecule has 0 aliphatic carbocycles. The van der Waals surface area contributed by atoms with Crippen molar-refractivity contribution in [1.82, 2.24) is 0 Å². The van der Waals surface area contributed by atoms with E-state index >= 15 is 0 Å². The molecule has 0 unspecified atom stereocenters. The van der Waals surface area contributed by atoms with Crippen LogP contribution in [0.1, 0.15) is 11.1 Å². The molecule has 1 aromatic rings. The Hall–Kier alpha value is -2.54. The summed E-state index contributed by atoms with van der Waals surface area (Å²) < 4.78 is 14.9. The third-order valence-electron chi connectivity index (χ3n) is 3.85. The number of ether oxygens (including phenoxy) is 3. The zero-order valence-corrected chi connectivity index (χ0v) is 13.5. The minimum atomic E-state index is -0.654. The van der Waals surface area contributed by atoms with Crippen molar-refractivity contribution in [3.63, 3.8) is 0 Å². The van der Waals surface area contributed by atoms with E-state index < -0.39 is 11.9 Å². The van der Waals surface area contributed by atoms with Crippen LogP contribution in [0.4, 0.5) is 5.69 Å². The summed E-state index contributed by atoms with van der Waals surface area (Å²) in [6, 6.07) is 3.18. The van der Waals surface area contributed by atoms with Crippen molar-refractivity contribution >= 4 is 17.6 Å². The van der Waals surface area contributed by atoms with E-state index in [4.69, 9.17) is 14.2 Å². The molecule has 0 atom stereocenters. The molecule has 7 heteroatoms. The maximum Gasteiger partial charge on any atom is 0.355 e. The van der Waals surface area contributed by atoms with E-state index in [2.05, 4.69) is 0 Å². The van der Waals surface area contributed by atoms with Gasteiger partial charge in [0.15, 0.2) is 0 Å². The minimum absolute atomic E-state index is 0.0380. The number of carbonyl (C=O) groups excluding carboxylic acids is 2. The topological polar surface area (TPSA) is 85.3 Å². The van der Waals surface area contributed by atoms with Crippen molar-refractivity contribution in [2.24, 2.45) is 0 Å². The van der Waals surface area contributed by atoms with Gasteiger partial charge in [-0.05, 0) is 37.1 Å². The van der Waals surface area contributed by atoms with E-state index in [-0.39, 0.29) is 30.4 Å². The lowest BCUT2D eigenvalue weighted by Crippen LogP contribution is -2.39. The molecule has 23 heavy (non-hydrogen) atoms. The standard InChI is InChI=1S/C16H19NO6/c1-9-10(2)13(18)6-5-12(9)17-8-23-7-11(15(19)21-3)14(17)16(20)22-4/h5-6,18H,7-8H2,1-4H3. The van der Waals surface area contributed by atoms with Crippen molar-refractivity contribution in [2.45, 2.75) is 13.8 Å². The van der Waals surface area contributed by atoms with Gasteiger partial charge in [-0.15, -0.1) is 0 Å². The van der Waals surface area contributed by atoms with Crippen LogP contribution in [-0.4, -0.2) is 44.6 Å². The average molecular weight is 321 g/mol. The van der Waals surface area contributed by atoms with Crippen LogP contribution in [0.15, 0.2) is 23.4 Å². The largest absolute Gasteiger partial charge is 0.508 e. The van der Waals surface area contributed by atoms with E-state index in [0.29, 0.717) is 11.3 Å². The molecule has 0 amide bonds. The molecule has 124 valence electrons. The van der Waals surface area contributed by atoms with Crippen LogP contribution in [-0.2, 0) is 23.8 Å². The highest BCUT2D eigenvalue weighted by Crippen LogP contribution is 2.33. The van der Waals surface area contributed by atoms with Crippen LogP contribution in [0.25, 0.3) is 0 Å². The van der Waals surface area contributed by atoms with Crippen LogP contribution in [0.5, 0.6) is 5.75 Å². The lowest BCUT2D eigenvalue weighted by molar-refractivity contribution is -0.140. The molecule has 0 spiro atoms. The molecule has 1 aliphatic heterocycles. The van der Waals surface area contributed by atoms with Gasteiger partial charge in [-0.25, -0.2) is 9.59 Å². The molecule has 1 aromatic carbocycles. The maximum atomic E-state index is 12.2. The second kappa shape index (κ2) is 6.70. The molecule has 0 bridgehead atoms. The number of rotatable bonds is 3. The predicted octanol–water partition coefficient (Wildman–Crippen LogP) is 1.40. The molecule has 1 aliphatic rings. The Labute approximate surface area is 134 Å². The molecule has 1 N–H and O–H groups in total. The third kappa shape index (κ3) is 3.00. The summed E-state index contributed by atoms with van der Waals surface area (Å²) in [4.78, 5) is 25.7. The third-order valence-corrected chi connectivity index (χ3v) is 3.85. The van der Waals surface area contributed by atoms with Gasteiger partial charge in [-0.3, -0.25) is 0 Å². The Bertz CT molecular complexity index is 679. The lowest BCUT2D eigenvalue weighted by atomic mass is 10.0. The number of anilines is 1. The van der Waals surface area contributed by atoms with E-state index in [1.54, 1.807) is 17.9 Å². The van der Waals surface area contributed by atoms with Crippen LogP contribution < -0.4 is 4.90 Å². The summed E-state index contributed by atoms with van der Waals surface area (Å²) in [5.41, 5.74) is 2.26. The highest BCUT2D eigenvalue weighted by Gasteiger charge is 2.33. The van der Waals surface area contributed by atoms with Crippen molar-refractivity contribution in [2.75, 3.05) is 32.5 Å². The number of aromatic hydroxyl groups is 1. The highest BCUT2D eigenvalue weighted by molar-refractivity contribution is 6.03. The number of phenolic OH excluding ortho intramolecular Hbond substituents is 1. The molecule has 0 saturated heterocycles. The van der Waals surface area contributed by atoms with E-state index in [1.165, 1.54) is 20.3 Å². The summed E-state index contributed by atoms with van der Waals surface area (Å²) in [6.45, 7) is 3.62. The maximum absolute atomic E-state index is 12.2. The fourth-order valence-electron chi connectivity index (χ4n) is 2.42. The number of carbonyl (C=O) groups is 2. The molecule has 0 aromatic heterocycles. The number of hydrogen-bond acceptors (Lipinski definition) is 7. The van der Waals surface area contributed by atoms with Crippen LogP contribution in [0.2, 0.25) is 0 Å². The first-order chi connectivity index (χ1) is 10.9. The normalized spacial score (nSPS) is 14.7. The predicted molar refractivity (Wildman–Crippen MR) is 81.9 cm³/mol. The summed E-state index contributed by atoms with van der Waals surface area (Å²) in [6.07, 6.45) is 0. The van der Waals surface area contributed by atoms with E-state index in [1.807, 2.05) is 6.92 Å². The number of hydrogen-bond donors (Lipinski definition) is 1. The van der Waals surface area contributed by atoms with Gasteiger partial charge in [-0.1, -0.05) is 0 Å². The Morgan fingerprint density at radius 3 is 2.39 bits per heavy atom. The molecular weight excluding hydrogens is 302 g/mol. The van der Waals surface area contributed by atoms with E-state index in [0.717, 1.165) is 5.56 Å². The number of methoxy groups -OCH3 is 2. The van der Waals surface area contributed by atoms with Crippen LogP contribution >= 0.6 is 0 Å². The Morgan fingerprint density at radius 1 is 1.13 bits per heavy atom. The van der Waals surface area contributed by atoms with Crippen molar-refractivity contribution < 1.29 is 28.9 Å². The minimum Gasteiger partial charge on any atom is -0.508 e. The van der Waals surface area contributed by atoms with Gasteiger partial charge in [0.1, 0.15) is 18.2 Å². The fraction of sp³-hybridized carbons (Fsp3) is 0.375.